The second-order valence-electron chi connectivity index (χ2n) is 8.04. The van der Waals surface area contributed by atoms with Crippen LogP contribution in [0.3, 0.4) is 0 Å². The number of piperidine rings is 1. The van der Waals surface area contributed by atoms with Gasteiger partial charge in [0, 0.05) is 31.1 Å². The maximum absolute atomic E-state index is 13.3. The van der Waals surface area contributed by atoms with Crippen molar-refractivity contribution in [2.45, 2.75) is 50.4 Å². The summed E-state index contributed by atoms with van der Waals surface area (Å²) in [5, 5.41) is 0. The zero-order valence-corrected chi connectivity index (χ0v) is 15.5. The lowest BCUT2D eigenvalue weighted by atomic mass is 9.84. The number of hydrogen-bond acceptors (Lipinski definition) is 3. The van der Waals surface area contributed by atoms with Crippen LogP contribution >= 0.6 is 0 Å². The quantitative estimate of drug-likeness (QED) is 0.810. The van der Waals surface area contributed by atoms with E-state index in [0.717, 1.165) is 37.2 Å². The van der Waals surface area contributed by atoms with E-state index in [1.54, 1.807) is 0 Å². The Hall–Kier alpha value is -2.01. The van der Waals surface area contributed by atoms with E-state index in [1.807, 2.05) is 18.2 Å². The van der Waals surface area contributed by atoms with Crippen LogP contribution in [0, 0.1) is 5.82 Å². The van der Waals surface area contributed by atoms with Crippen molar-refractivity contribution in [1.29, 1.82) is 0 Å². The Balaban J connectivity index is 1.45. The molecule has 1 aromatic heterocycles. The molecule has 0 N–H and O–H groups in total. The molecular weight excluding hydrogens is 344 g/mol. The van der Waals surface area contributed by atoms with E-state index in [4.69, 9.17) is 4.98 Å². The maximum atomic E-state index is 13.3. The fourth-order valence-electron chi connectivity index (χ4n) is 5.42. The van der Waals surface area contributed by atoms with Crippen molar-refractivity contribution >= 4 is 5.69 Å². The van der Waals surface area contributed by atoms with E-state index in [1.165, 1.54) is 37.2 Å². The Morgan fingerprint density at radius 3 is 2.67 bits per heavy atom. The zero-order chi connectivity index (χ0) is 18.4. The van der Waals surface area contributed by atoms with Gasteiger partial charge in [0.25, 0.3) is 0 Å². The maximum Gasteiger partial charge on any atom is 0.131 e. The lowest BCUT2D eigenvalue weighted by Crippen LogP contribution is -2.50. The SMILES string of the molecule is FCc1ccc2c(n1)C1C3CCCN3CCC1N2CCc1ccc(F)cc1. The lowest BCUT2D eigenvalue weighted by Gasteiger charge is -2.41. The summed E-state index contributed by atoms with van der Waals surface area (Å²) in [5.41, 5.74) is 3.97. The van der Waals surface area contributed by atoms with E-state index >= 15 is 0 Å². The number of nitrogens with zero attached hydrogens (tertiary/aromatic N) is 3. The fourth-order valence-corrected chi connectivity index (χ4v) is 5.42. The Morgan fingerprint density at radius 2 is 1.85 bits per heavy atom. The minimum absolute atomic E-state index is 0.193. The van der Waals surface area contributed by atoms with Crippen LogP contribution < -0.4 is 4.90 Å². The molecule has 0 amide bonds. The van der Waals surface area contributed by atoms with Crippen molar-refractivity contribution < 1.29 is 8.78 Å². The first-order valence-electron chi connectivity index (χ1n) is 10.1. The first-order chi connectivity index (χ1) is 13.2. The van der Waals surface area contributed by atoms with E-state index in [9.17, 15) is 8.78 Å². The molecule has 2 fully saturated rings. The highest BCUT2D eigenvalue weighted by atomic mass is 19.1. The Morgan fingerprint density at radius 1 is 1.00 bits per heavy atom. The molecule has 3 unspecified atom stereocenters. The highest BCUT2D eigenvalue weighted by Gasteiger charge is 2.49. The predicted octanol–water partition coefficient (Wildman–Crippen LogP) is 4.07. The minimum Gasteiger partial charge on any atom is -0.366 e. The van der Waals surface area contributed by atoms with Gasteiger partial charge in [0.05, 0.1) is 17.1 Å². The van der Waals surface area contributed by atoms with Gasteiger partial charge in [-0.25, -0.2) is 8.78 Å². The average molecular weight is 369 g/mol. The van der Waals surface area contributed by atoms with Crippen molar-refractivity contribution in [3.63, 3.8) is 0 Å². The van der Waals surface area contributed by atoms with Gasteiger partial charge in [0.1, 0.15) is 12.5 Å². The molecule has 2 saturated heterocycles. The van der Waals surface area contributed by atoms with Gasteiger partial charge >= 0.3 is 0 Å². The third-order valence-electron chi connectivity index (χ3n) is 6.63. The van der Waals surface area contributed by atoms with Crippen molar-refractivity contribution in [2.24, 2.45) is 0 Å². The van der Waals surface area contributed by atoms with Crippen molar-refractivity contribution in [3.05, 3.63) is 59.2 Å². The summed E-state index contributed by atoms with van der Waals surface area (Å²) in [6.07, 6.45) is 4.48. The number of benzene rings is 1. The van der Waals surface area contributed by atoms with Gasteiger partial charge in [0.2, 0.25) is 0 Å². The zero-order valence-electron chi connectivity index (χ0n) is 15.5. The highest BCUT2D eigenvalue weighted by Crippen LogP contribution is 2.49. The van der Waals surface area contributed by atoms with E-state index in [-0.39, 0.29) is 5.82 Å². The van der Waals surface area contributed by atoms with Gasteiger partial charge in [-0.2, -0.15) is 0 Å². The van der Waals surface area contributed by atoms with Crippen molar-refractivity contribution in [1.82, 2.24) is 9.88 Å². The molecular formula is C22H25F2N3. The van der Waals surface area contributed by atoms with Crippen molar-refractivity contribution in [2.75, 3.05) is 24.5 Å². The van der Waals surface area contributed by atoms with Crippen LogP contribution in [0.2, 0.25) is 0 Å². The first kappa shape index (κ1) is 17.1. The smallest absolute Gasteiger partial charge is 0.131 e. The molecule has 5 rings (SSSR count). The van der Waals surface area contributed by atoms with Gasteiger partial charge in [-0.3, -0.25) is 9.88 Å². The summed E-state index contributed by atoms with van der Waals surface area (Å²) in [6.45, 7) is 2.71. The summed E-state index contributed by atoms with van der Waals surface area (Å²) < 4.78 is 26.5. The number of anilines is 1. The van der Waals surface area contributed by atoms with Crippen LogP contribution in [0.4, 0.5) is 14.5 Å². The van der Waals surface area contributed by atoms with Gasteiger partial charge in [0.15, 0.2) is 0 Å². The number of halogens is 2. The molecule has 1 aromatic carbocycles. The van der Waals surface area contributed by atoms with Crippen LogP contribution in [0.1, 0.15) is 42.1 Å². The molecule has 4 heterocycles. The molecule has 3 atom stereocenters. The van der Waals surface area contributed by atoms with E-state index in [2.05, 4.69) is 15.9 Å². The Bertz CT molecular complexity index is 823. The summed E-state index contributed by atoms with van der Waals surface area (Å²) in [5.74, 6) is 0.192. The summed E-state index contributed by atoms with van der Waals surface area (Å²) in [7, 11) is 0. The molecule has 0 spiro atoms. The van der Waals surface area contributed by atoms with Crippen LogP contribution in [0.15, 0.2) is 36.4 Å². The fraction of sp³-hybridized carbons (Fsp3) is 0.500. The lowest BCUT2D eigenvalue weighted by molar-refractivity contribution is 0.157. The van der Waals surface area contributed by atoms with Crippen LogP contribution in [-0.4, -0.2) is 41.6 Å². The standard InChI is InChI=1S/C22H25F2N3/c23-14-17-7-8-20-22(25-17)21-18-2-1-11-26(18)12-10-19(21)27(20)13-9-15-3-5-16(24)6-4-15/h3-8,18-19,21H,1-2,9-14H2. The number of aromatic nitrogens is 1. The normalized spacial score (nSPS) is 26.7. The molecule has 5 heteroatoms. The molecule has 0 aliphatic carbocycles. The third kappa shape index (κ3) is 2.92. The highest BCUT2D eigenvalue weighted by molar-refractivity contribution is 5.60. The number of rotatable bonds is 4. The number of alkyl halides is 1. The van der Waals surface area contributed by atoms with Gasteiger partial charge < -0.3 is 4.90 Å². The number of pyridine rings is 1. The molecule has 0 bridgehead atoms. The minimum atomic E-state index is -0.505. The summed E-state index contributed by atoms with van der Waals surface area (Å²) in [6, 6.07) is 11.7. The van der Waals surface area contributed by atoms with Crippen LogP contribution in [0.25, 0.3) is 0 Å². The molecule has 3 aliphatic heterocycles. The van der Waals surface area contributed by atoms with Crippen LogP contribution in [-0.2, 0) is 13.1 Å². The van der Waals surface area contributed by atoms with Gasteiger partial charge in [-0.1, -0.05) is 12.1 Å². The topological polar surface area (TPSA) is 19.4 Å². The Kier molecular flexibility index (Phi) is 4.35. The molecule has 3 nitrogen and oxygen atoms in total. The largest absolute Gasteiger partial charge is 0.366 e. The monoisotopic (exact) mass is 369 g/mol. The van der Waals surface area contributed by atoms with E-state index < -0.39 is 6.67 Å². The predicted molar refractivity (Wildman–Crippen MR) is 102 cm³/mol. The number of hydrogen-bond donors (Lipinski definition) is 0. The van der Waals surface area contributed by atoms with Gasteiger partial charge in [-0.05, 0) is 62.1 Å². The number of fused-ring (bicyclic) bond motifs is 5. The van der Waals surface area contributed by atoms with E-state index in [0.29, 0.717) is 23.7 Å². The molecule has 142 valence electrons. The molecule has 3 aliphatic rings. The van der Waals surface area contributed by atoms with Gasteiger partial charge in [-0.15, -0.1) is 0 Å². The molecule has 0 saturated carbocycles. The summed E-state index contributed by atoms with van der Waals surface area (Å²) in [4.78, 5) is 9.84. The summed E-state index contributed by atoms with van der Waals surface area (Å²) >= 11 is 0. The second kappa shape index (κ2) is 6.86. The van der Waals surface area contributed by atoms with Crippen LogP contribution in [0.5, 0.6) is 0 Å². The molecule has 27 heavy (non-hydrogen) atoms. The second-order valence-corrected chi connectivity index (χ2v) is 8.04. The Labute approximate surface area is 159 Å². The average Bonchev–Trinajstić information content (AvgIpc) is 3.29. The van der Waals surface area contributed by atoms with Crippen molar-refractivity contribution in [3.8, 4) is 0 Å². The molecule has 0 radical (unpaired) electrons. The molecule has 2 aromatic rings. The third-order valence-corrected chi connectivity index (χ3v) is 6.63. The first-order valence-corrected chi connectivity index (χ1v) is 10.1.